The monoisotopic (exact) mass is 346 g/mol. The van der Waals surface area contributed by atoms with E-state index in [4.69, 9.17) is 9.47 Å². The molecule has 5 nitrogen and oxygen atoms in total. The summed E-state index contributed by atoms with van der Waals surface area (Å²) < 4.78 is 11.2. The lowest BCUT2D eigenvalue weighted by Crippen LogP contribution is -2.89. The molecule has 4 N–H and O–H groups in total. The van der Waals surface area contributed by atoms with Gasteiger partial charge >= 0.3 is 0 Å². The van der Waals surface area contributed by atoms with Crippen LogP contribution in [0.2, 0.25) is 0 Å². The first-order chi connectivity index (χ1) is 12.2. The summed E-state index contributed by atoms with van der Waals surface area (Å²) in [6.45, 7) is 3.16. The number of aliphatic hydroxyl groups excluding tert-OH is 2. The number of rotatable bonds is 10. The fourth-order valence-corrected chi connectivity index (χ4v) is 2.57. The summed E-state index contributed by atoms with van der Waals surface area (Å²) in [5.74, 6) is 1.25. The zero-order valence-corrected chi connectivity index (χ0v) is 14.9. The van der Waals surface area contributed by atoms with Gasteiger partial charge in [0.25, 0.3) is 0 Å². The first-order valence-corrected chi connectivity index (χ1v) is 8.64. The molecule has 2 rings (SSSR count). The molecule has 0 saturated carbocycles. The Balaban J connectivity index is 1.96. The minimum atomic E-state index is -0.686. The van der Waals surface area contributed by atoms with Crippen molar-refractivity contribution in [1.82, 2.24) is 0 Å². The van der Waals surface area contributed by atoms with Crippen LogP contribution in [0.3, 0.4) is 0 Å². The minimum absolute atomic E-state index is 0.161. The van der Waals surface area contributed by atoms with E-state index in [9.17, 15) is 10.2 Å². The summed E-state index contributed by atoms with van der Waals surface area (Å²) >= 11 is 0. The fraction of sp³-hybridized carbons (Fsp3) is 0.400. The van der Waals surface area contributed by atoms with Gasteiger partial charge in [-0.3, -0.25) is 0 Å². The Hall–Kier alpha value is -2.08. The normalized spacial score (nSPS) is 13.3. The maximum Gasteiger partial charge on any atom is 0.161 e. The van der Waals surface area contributed by atoms with Gasteiger partial charge in [0.05, 0.1) is 13.7 Å². The summed E-state index contributed by atoms with van der Waals surface area (Å²) in [5.41, 5.74) is 1.92. The average Bonchev–Trinajstić information content (AvgIpc) is 2.67. The third-order valence-corrected chi connectivity index (χ3v) is 4.25. The number of ether oxygens (including phenoxy) is 2. The molecule has 0 bridgehead atoms. The average molecular weight is 346 g/mol. The molecule has 0 aliphatic heterocycles. The van der Waals surface area contributed by atoms with Crippen LogP contribution < -0.4 is 14.8 Å². The lowest BCUT2D eigenvalue weighted by molar-refractivity contribution is -0.706. The second kappa shape index (κ2) is 10.0. The second-order valence-electron chi connectivity index (χ2n) is 6.01. The first-order valence-electron chi connectivity index (χ1n) is 8.64. The first kappa shape index (κ1) is 19.2. The summed E-state index contributed by atoms with van der Waals surface area (Å²) in [5, 5.41) is 21.6. The van der Waals surface area contributed by atoms with Crippen molar-refractivity contribution < 1.29 is 25.0 Å². The highest BCUT2D eigenvalue weighted by molar-refractivity contribution is 5.42. The molecule has 0 radical (unpaired) electrons. The van der Waals surface area contributed by atoms with Crippen LogP contribution >= 0.6 is 0 Å². The molecule has 5 heteroatoms. The van der Waals surface area contributed by atoms with Crippen LogP contribution in [0.25, 0.3) is 0 Å². The molecule has 0 saturated heterocycles. The number of quaternary nitrogens is 1. The maximum absolute atomic E-state index is 10.2. The molecule has 0 heterocycles. The molecule has 0 aliphatic rings. The highest BCUT2D eigenvalue weighted by Crippen LogP contribution is 2.29. The summed E-state index contributed by atoms with van der Waals surface area (Å²) in [4.78, 5) is 0. The molecule has 0 unspecified atom stereocenters. The number of hydrogen-bond acceptors (Lipinski definition) is 4. The standard InChI is InChI=1S/C20H27NO4/c1-3-17(13-22)21-12-15-9-10-19(20(11-15)24-2)25-14-18(23)16-7-5-4-6-8-16/h4-11,17-18,21-23H,3,12-14H2,1-2H3/p+1/t17-,18-/m1/s1. The molecule has 25 heavy (non-hydrogen) atoms. The van der Waals surface area contributed by atoms with E-state index >= 15 is 0 Å². The van der Waals surface area contributed by atoms with Crippen LogP contribution in [0.15, 0.2) is 48.5 Å². The minimum Gasteiger partial charge on any atom is -0.493 e. The predicted molar refractivity (Wildman–Crippen MR) is 96.7 cm³/mol. The summed E-state index contributed by atoms with van der Waals surface area (Å²) in [6, 6.07) is 15.4. The Morgan fingerprint density at radius 2 is 1.84 bits per heavy atom. The van der Waals surface area contributed by atoms with Crippen molar-refractivity contribution in [2.75, 3.05) is 20.3 Å². The van der Waals surface area contributed by atoms with Crippen molar-refractivity contribution in [3.63, 3.8) is 0 Å². The molecule has 2 aromatic rings. The van der Waals surface area contributed by atoms with Gasteiger partial charge in [0.15, 0.2) is 11.5 Å². The highest BCUT2D eigenvalue weighted by Gasteiger charge is 2.13. The molecule has 0 aromatic heterocycles. The van der Waals surface area contributed by atoms with Gasteiger partial charge in [0, 0.05) is 5.56 Å². The highest BCUT2D eigenvalue weighted by atomic mass is 16.5. The van der Waals surface area contributed by atoms with E-state index in [1.807, 2.05) is 48.5 Å². The van der Waals surface area contributed by atoms with Crippen LogP contribution in [0.5, 0.6) is 11.5 Å². The Morgan fingerprint density at radius 3 is 2.48 bits per heavy atom. The third-order valence-electron chi connectivity index (χ3n) is 4.25. The van der Waals surface area contributed by atoms with Crippen molar-refractivity contribution in [3.8, 4) is 11.5 Å². The molecular weight excluding hydrogens is 318 g/mol. The van der Waals surface area contributed by atoms with Crippen LogP contribution in [0, 0.1) is 0 Å². The molecule has 0 amide bonds. The van der Waals surface area contributed by atoms with E-state index in [1.165, 1.54) is 0 Å². The Bertz CT molecular complexity index is 629. The van der Waals surface area contributed by atoms with E-state index in [0.717, 1.165) is 24.1 Å². The van der Waals surface area contributed by atoms with Crippen molar-refractivity contribution in [3.05, 3.63) is 59.7 Å². The van der Waals surface area contributed by atoms with Gasteiger partial charge < -0.3 is 25.0 Å². The van der Waals surface area contributed by atoms with Crippen LogP contribution in [-0.2, 0) is 6.54 Å². The number of hydrogen-bond donors (Lipinski definition) is 3. The van der Waals surface area contributed by atoms with Gasteiger partial charge in [-0.05, 0) is 30.2 Å². The third kappa shape index (κ3) is 5.74. The molecule has 0 spiro atoms. The number of methoxy groups -OCH3 is 1. The van der Waals surface area contributed by atoms with Crippen molar-refractivity contribution in [1.29, 1.82) is 0 Å². The topological polar surface area (TPSA) is 75.5 Å². The van der Waals surface area contributed by atoms with Gasteiger partial charge in [0.2, 0.25) is 0 Å². The Kier molecular flexibility index (Phi) is 7.73. The molecule has 0 fully saturated rings. The zero-order valence-electron chi connectivity index (χ0n) is 14.9. The van der Waals surface area contributed by atoms with Gasteiger partial charge in [0.1, 0.15) is 25.3 Å². The SMILES string of the molecule is CC[C@H](CO)[NH2+]Cc1ccc(OC[C@@H](O)c2ccccc2)c(OC)c1. The molecule has 2 aromatic carbocycles. The van der Waals surface area contributed by atoms with Gasteiger partial charge in [-0.2, -0.15) is 0 Å². The smallest absolute Gasteiger partial charge is 0.161 e. The van der Waals surface area contributed by atoms with Crippen molar-refractivity contribution >= 4 is 0 Å². The van der Waals surface area contributed by atoms with E-state index < -0.39 is 6.10 Å². The summed E-state index contributed by atoms with van der Waals surface area (Å²) in [7, 11) is 1.60. The molecule has 136 valence electrons. The lowest BCUT2D eigenvalue weighted by atomic mass is 10.1. The largest absolute Gasteiger partial charge is 0.493 e. The quantitative estimate of drug-likeness (QED) is 0.611. The van der Waals surface area contributed by atoms with E-state index in [0.29, 0.717) is 11.5 Å². The van der Waals surface area contributed by atoms with Gasteiger partial charge in [-0.1, -0.05) is 37.3 Å². The zero-order chi connectivity index (χ0) is 18.1. The number of benzene rings is 2. The summed E-state index contributed by atoms with van der Waals surface area (Å²) in [6.07, 6.45) is 0.237. The Labute approximate surface area is 149 Å². The second-order valence-corrected chi connectivity index (χ2v) is 6.01. The molecular formula is C20H28NO4+. The number of aliphatic hydroxyl groups is 2. The lowest BCUT2D eigenvalue weighted by Gasteiger charge is -2.16. The van der Waals surface area contributed by atoms with Crippen LogP contribution in [0.1, 0.15) is 30.6 Å². The number of nitrogens with two attached hydrogens (primary N) is 1. The molecule has 2 atom stereocenters. The predicted octanol–water partition coefficient (Wildman–Crippen LogP) is 1.64. The van der Waals surface area contributed by atoms with E-state index in [-0.39, 0.29) is 19.3 Å². The fourth-order valence-electron chi connectivity index (χ4n) is 2.57. The maximum atomic E-state index is 10.2. The Morgan fingerprint density at radius 1 is 1.08 bits per heavy atom. The van der Waals surface area contributed by atoms with Gasteiger partial charge in [-0.15, -0.1) is 0 Å². The van der Waals surface area contributed by atoms with Crippen LogP contribution in [-0.4, -0.2) is 36.6 Å². The van der Waals surface area contributed by atoms with Crippen LogP contribution in [0.4, 0.5) is 0 Å². The molecule has 0 aliphatic carbocycles. The van der Waals surface area contributed by atoms with Crippen molar-refractivity contribution in [2.45, 2.75) is 32.0 Å². The van der Waals surface area contributed by atoms with Crippen molar-refractivity contribution in [2.24, 2.45) is 0 Å². The van der Waals surface area contributed by atoms with Gasteiger partial charge in [-0.25, -0.2) is 0 Å². The van der Waals surface area contributed by atoms with E-state index in [2.05, 4.69) is 12.2 Å². The van der Waals surface area contributed by atoms with E-state index in [1.54, 1.807) is 7.11 Å².